The first-order valence-electron chi connectivity index (χ1n) is 6.20. The highest BCUT2D eigenvalue weighted by Crippen LogP contribution is 2.29. The molecule has 0 aromatic heterocycles. The van der Waals surface area contributed by atoms with Crippen LogP contribution in [0.15, 0.2) is 18.2 Å². The lowest BCUT2D eigenvalue weighted by atomic mass is 10.1. The van der Waals surface area contributed by atoms with Crippen molar-refractivity contribution in [2.45, 2.75) is 39.0 Å². The molecule has 0 bridgehead atoms. The molecular weight excluding hydrogens is 236 g/mol. The van der Waals surface area contributed by atoms with Crippen molar-refractivity contribution in [2.75, 3.05) is 13.2 Å². The zero-order valence-corrected chi connectivity index (χ0v) is 11.6. The summed E-state index contributed by atoms with van der Waals surface area (Å²) >= 11 is 5.99. The second-order valence-electron chi connectivity index (χ2n) is 4.05. The minimum absolute atomic E-state index is 0.131. The van der Waals surface area contributed by atoms with Crippen molar-refractivity contribution in [1.82, 2.24) is 0 Å². The van der Waals surface area contributed by atoms with Gasteiger partial charge in [-0.15, -0.1) is 11.6 Å². The lowest BCUT2D eigenvalue weighted by Crippen LogP contribution is -2.02. The third-order valence-corrected chi connectivity index (χ3v) is 2.44. The first-order valence-corrected chi connectivity index (χ1v) is 6.63. The van der Waals surface area contributed by atoms with Gasteiger partial charge in [0.15, 0.2) is 11.5 Å². The first kappa shape index (κ1) is 14.2. The lowest BCUT2D eigenvalue weighted by molar-refractivity contribution is 0.276. The van der Waals surface area contributed by atoms with Crippen LogP contribution in [0.3, 0.4) is 0 Å². The number of rotatable bonds is 7. The van der Waals surface area contributed by atoms with Crippen LogP contribution < -0.4 is 9.47 Å². The van der Waals surface area contributed by atoms with E-state index in [0.29, 0.717) is 13.2 Å². The molecule has 1 unspecified atom stereocenters. The SMILES string of the molecule is CCCOc1ccc(CC(C)Cl)cc1OCC. The normalized spacial score (nSPS) is 12.2. The van der Waals surface area contributed by atoms with Gasteiger partial charge in [-0.3, -0.25) is 0 Å². The Balaban J connectivity index is 2.83. The van der Waals surface area contributed by atoms with Crippen LogP contribution in [0.1, 0.15) is 32.8 Å². The Hall–Kier alpha value is -0.890. The molecule has 0 amide bonds. The van der Waals surface area contributed by atoms with E-state index in [4.69, 9.17) is 21.1 Å². The molecule has 17 heavy (non-hydrogen) atoms. The molecule has 0 fully saturated rings. The number of hydrogen-bond donors (Lipinski definition) is 0. The Morgan fingerprint density at radius 1 is 1.18 bits per heavy atom. The highest BCUT2D eigenvalue weighted by molar-refractivity contribution is 6.20. The fourth-order valence-corrected chi connectivity index (χ4v) is 1.78. The van der Waals surface area contributed by atoms with Crippen molar-refractivity contribution in [1.29, 1.82) is 0 Å². The summed E-state index contributed by atoms with van der Waals surface area (Å²) in [6.07, 6.45) is 1.84. The smallest absolute Gasteiger partial charge is 0.161 e. The van der Waals surface area contributed by atoms with Crippen LogP contribution in [0.5, 0.6) is 11.5 Å². The second-order valence-corrected chi connectivity index (χ2v) is 4.79. The molecule has 0 N–H and O–H groups in total. The number of alkyl halides is 1. The molecule has 2 nitrogen and oxygen atoms in total. The molecule has 0 aliphatic carbocycles. The molecule has 1 atom stereocenters. The molecule has 3 heteroatoms. The predicted octanol–water partition coefficient (Wildman–Crippen LogP) is 4.04. The van der Waals surface area contributed by atoms with Gasteiger partial charge in [0, 0.05) is 5.38 Å². The van der Waals surface area contributed by atoms with Gasteiger partial charge in [-0.1, -0.05) is 13.0 Å². The summed E-state index contributed by atoms with van der Waals surface area (Å²) in [5.41, 5.74) is 1.18. The van der Waals surface area contributed by atoms with E-state index in [9.17, 15) is 0 Å². The molecule has 0 saturated carbocycles. The van der Waals surface area contributed by atoms with Gasteiger partial charge in [0.2, 0.25) is 0 Å². The minimum Gasteiger partial charge on any atom is -0.490 e. The standard InChI is InChI=1S/C14H21ClO2/c1-4-8-17-13-7-6-12(9-11(3)15)10-14(13)16-5-2/h6-7,10-11H,4-5,8-9H2,1-3H3. The minimum atomic E-state index is 0.131. The zero-order valence-electron chi connectivity index (χ0n) is 10.8. The molecule has 0 saturated heterocycles. The van der Waals surface area contributed by atoms with Gasteiger partial charge >= 0.3 is 0 Å². The maximum absolute atomic E-state index is 5.99. The topological polar surface area (TPSA) is 18.5 Å². The average Bonchev–Trinajstić information content (AvgIpc) is 2.28. The Kier molecular flexibility index (Phi) is 6.20. The van der Waals surface area contributed by atoms with E-state index >= 15 is 0 Å². The third kappa shape index (κ3) is 4.86. The van der Waals surface area contributed by atoms with Gasteiger partial charge in [-0.2, -0.15) is 0 Å². The average molecular weight is 257 g/mol. The summed E-state index contributed by atoms with van der Waals surface area (Å²) in [5, 5.41) is 0.131. The van der Waals surface area contributed by atoms with Gasteiger partial charge < -0.3 is 9.47 Å². The molecule has 0 heterocycles. The van der Waals surface area contributed by atoms with E-state index in [1.807, 2.05) is 32.0 Å². The number of halogens is 1. The van der Waals surface area contributed by atoms with E-state index in [-0.39, 0.29) is 5.38 Å². The summed E-state index contributed by atoms with van der Waals surface area (Å²) in [6, 6.07) is 6.04. The molecule has 1 aromatic rings. The second kappa shape index (κ2) is 7.44. The van der Waals surface area contributed by atoms with Crippen LogP contribution in [-0.4, -0.2) is 18.6 Å². The van der Waals surface area contributed by atoms with Crippen LogP contribution in [0, 0.1) is 0 Å². The van der Waals surface area contributed by atoms with Crippen molar-refractivity contribution in [3.8, 4) is 11.5 Å². The Morgan fingerprint density at radius 2 is 1.94 bits per heavy atom. The third-order valence-electron chi connectivity index (χ3n) is 2.29. The van der Waals surface area contributed by atoms with Gasteiger partial charge in [0.25, 0.3) is 0 Å². The molecule has 0 radical (unpaired) electrons. The quantitative estimate of drug-likeness (QED) is 0.686. The Morgan fingerprint density at radius 3 is 2.53 bits per heavy atom. The van der Waals surface area contributed by atoms with Crippen molar-refractivity contribution >= 4 is 11.6 Å². The Labute approximate surface area is 109 Å². The highest BCUT2D eigenvalue weighted by atomic mass is 35.5. The van der Waals surface area contributed by atoms with Crippen LogP contribution in [0.4, 0.5) is 0 Å². The van der Waals surface area contributed by atoms with Crippen molar-refractivity contribution in [3.05, 3.63) is 23.8 Å². The van der Waals surface area contributed by atoms with E-state index < -0.39 is 0 Å². The van der Waals surface area contributed by atoms with E-state index in [1.165, 1.54) is 5.56 Å². The highest BCUT2D eigenvalue weighted by Gasteiger charge is 2.07. The monoisotopic (exact) mass is 256 g/mol. The van der Waals surface area contributed by atoms with Gasteiger partial charge in [-0.25, -0.2) is 0 Å². The molecule has 1 rings (SSSR count). The summed E-state index contributed by atoms with van der Waals surface area (Å²) in [4.78, 5) is 0. The van der Waals surface area contributed by atoms with Crippen molar-refractivity contribution < 1.29 is 9.47 Å². The summed E-state index contributed by atoms with van der Waals surface area (Å²) in [5.74, 6) is 1.63. The van der Waals surface area contributed by atoms with Gasteiger partial charge in [-0.05, 0) is 44.4 Å². The zero-order chi connectivity index (χ0) is 12.7. The maximum Gasteiger partial charge on any atom is 0.161 e. The van der Waals surface area contributed by atoms with Gasteiger partial charge in [0.1, 0.15) is 0 Å². The van der Waals surface area contributed by atoms with Crippen LogP contribution in [-0.2, 0) is 6.42 Å². The van der Waals surface area contributed by atoms with E-state index in [0.717, 1.165) is 24.3 Å². The summed E-state index contributed by atoms with van der Waals surface area (Å²) < 4.78 is 11.2. The largest absolute Gasteiger partial charge is 0.490 e. The maximum atomic E-state index is 5.99. The summed E-state index contributed by atoms with van der Waals surface area (Å²) in [7, 11) is 0. The Bertz CT molecular complexity index is 337. The predicted molar refractivity (Wildman–Crippen MR) is 72.4 cm³/mol. The number of benzene rings is 1. The van der Waals surface area contributed by atoms with Crippen molar-refractivity contribution in [2.24, 2.45) is 0 Å². The molecule has 0 aliphatic heterocycles. The van der Waals surface area contributed by atoms with Gasteiger partial charge in [0.05, 0.1) is 13.2 Å². The summed E-state index contributed by atoms with van der Waals surface area (Å²) in [6.45, 7) is 7.40. The molecule has 0 spiro atoms. The number of ether oxygens (including phenoxy) is 2. The fraction of sp³-hybridized carbons (Fsp3) is 0.571. The molecule has 0 aliphatic rings. The fourth-order valence-electron chi connectivity index (χ4n) is 1.60. The number of hydrogen-bond acceptors (Lipinski definition) is 2. The van der Waals surface area contributed by atoms with Crippen LogP contribution >= 0.6 is 11.6 Å². The van der Waals surface area contributed by atoms with E-state index in [2.05, 4.69) is 6.92 Å². The molecule has 1 aromatic carbocycles. The first-order chi connectivity index (χ1) is 8.17. The lowest BCUT2D eigenvalue weighted by Gasteiger charge is -2.13. The molecular formula is C14H21ClO2. The van der Waals surface area contributed by atoms with Crippen LogP contribution in [0.25, 0.3) is 0 Å². The molecule has 96 valence electrons. The van der Waals surface area contributed by atoms with E-state index in [1.54, 1.807) is 0 Å². The van der Waals surface area contributed by atoms with Crippen molar-refractivity contribution in [3.63, 3.8) is 0 Å². The van der Waals surface area contributed by atoms with Crippen LogP contribution in [0.2, 0.25) is 0 Å².